The van der Waals surface area contributed by atoms with Gasteiger partial charge < -0.3 is 14.7 Å². The summed E-state index contributed by atoms with van der Waals surface area (Å²) in [5.41, 5.74) is 0.785. The van der Waals surface area contributed by atoms with Gasteiger partial charge in [0.15, 0.2) is 5.78 Å². The van der Waals surface area contributed by atoms with Gasteiger partial charge >= 0.3 is 5.97 Å². The minimum Gasteiger partial charge on any atom is -0.464 e. The number of β-lactam (4-membered cyclic amide) rings is 1. The van der Waals surface area contributed by atoms with Gasteiger partial charge in [0.25, 0.3) is 0 Å². The average Bonchev–Trinajstić information content (AvgIpc) is 2.93. The van der Waals surface area contributed by atoms with Gasteiger partial charge in [-0.15, -0.1) is 11.8 Å². The molecule has 6 nitrogen and oxygen atoms in total. The number of methoxy groups -OCH3 is 1. The molecule has 3 atom stereocenters. The number of aliphatic hydroxyl groups is 1. The summed E-state index contributed by atoms with van der Waals surface area (Å²) in [4.78, 5) is 38.9. The number of fused-ring (bicyclic) bond motifs is 1. The lowest BCUT2D eigenvalue weighted by atomic mass is 9.83. The topological polar surface area (TPSA) is 83.9 Å². The third kappa shape index (κ3) is 3.33. The van der Waals surface area contributed by atoms with Crippen LogP contribution < -0.4 is 0 Å². The van der Waals surface area contributed by atoms with Crippen molar-refractivity contribution in [2.45, 2.75) is 25.5 Å². The van der Waals surface area contributed by atoms with Gasteiger partial charge in [0.2, 0.25) is 5.91 Å². The molecule has 3 rings (SSSR count). The Morgan fingerprint density at radius 3 is 2.62 bits per heavy atom. The van der Waals surface area contributed by atoms with Gasteiger partial charge in [-0.05, 0) is 19.1 Å². The molecule has 8 heteroatoms. The Balaban J connectivity index is 1.76. The number of carbonyl (C=O) groups excluding carboxylic acids is 3. The molecular weight excluding hydrogens is 422 g/mol. The van der Waals surface area contributed by atoms with Crippen LogP contribution in [0.15, 0.2) is 39.3 Å². The second-order valence-electron chi connectivity index (χ2n) is 6.23. The number of aliphatic hydroxyl groups excluding tert-OH is 1. The maximum Gasteiger partial charge on any atom is 0.355 e. The summed E-state index contributed by atoms with van der Waals surface area (Å²) in [6, 6.07) is 6.81. The van der Waals surface area contributed by atoms with Crippen molar-refractivity contribution >= 4 is 45.4 Å². The smallest absolute Gasteiger partial charge is 0.355 e. The molecular formula is C18H18BrNO5S. The SMILES string of the molecule is COC(=O)C1=C(SCC(=O)c2ccc(Br)cc2)C[C@@H]2[C@@H]([C@H](C)O)C(=O)N12. The highest BCUT2D eigenvalue weighted by Crippen LogP contribution is 2.47. The Morgan fingerprint density at radius 1 is 1.38 bits per heavy atom. The van der Waals surface area contributed by atoms with E-state index in [9.17, 15) is 19.5 Å². The fourth-order valence-electron chi connectivity index (χ4n) is 3.32. The van der Waals surface area contributed by atoms with Gasteiger partial charge in [-0.3, -0.25) is 9.59 Å². The molecule has 0 radical (unpaired) electrons. The van der Waals surface area contributed by atoms with Crippen molar-refractivity contribution in [3.05, 3.63) is 44.9 Å². The van der Waals surface area contributed by atoms with Crippen LogP contribution in [-0.2, 0) is 14.3 Å². The second-order valence-corrected chi connectivity index (χ2v) is 8.21. The van der Waals surface area contributed by atoms with E-state index in [-0.39, 0.29) is 29.2 Å². The summed E-state index contributed by atoms with van der Waals surface area (Å²) in [5, 5.41) is 9.80. The van der Waals surface area contributed by atoms with Crippen molar-refractivity contribution in [2.75, 3.05) is 12.9 Å². The minimum atomic E-state index is -0.781. The number of carbonyl (C=O) groups is 3. The number of nitrogens with zero attached hydrogens (tertiary/aromatic N) is 1. The lowest BCUT2D eigenvalue weighted by Crippen LogP contribution is -2.61. The van der Waals surface area contributed by atoms with E-state index in [1.54, 1.807) is 31.2 Å². The van der Waals surface area contributed by atoms with Crippen molar-refractivity contribution in [1.29, 1.82) is 0 Å². The summed E-state index contributed by atoms with van der Waals surface area (Å²) in [5.74, 6) is -1.29. The van der Waals surface area contributed by atoms with E-state index in [1.165, 1.54) is 23.8 Å². The maximum atomic E-state index is 12.4. The molecule has 1 N–H and O–H groups in total. The number of halogens is 1. The van der Waals surface area contributed by atoms with Gasteiger partial charge in [-0.2, -0.15) is 0 Å². The highest BCUT2D eigenvalue weighted by atomic mass is 79.9. The molecule has 1 fully saturated rings. The van der Waals surface area contributed by atoms with Crippen LogP contribution in [0.2, 0.25) is 0 Å². The number of Topliss-reactive ketones (excluding diaryl/α,β-unsaturated/α-hetero) is 1. The Kier molecular flexibility index (Phi) is 5.55. The quantitative estimate of drug-likeness (QED) is 0.416. The number of rotatable bonds is 6. The van der Waals surface area contributed by atoms with E-state index in [0.717, 1.165) is 4.47 Å². The molecule has 1 aromatic rings. The molecule has 2 heterocycles. The van der Waals surface area contributed by atoms with Gasteiger partial charge in [-0.1, -0.05) is 28.1 Å². The average molecular weight is 440 g/mol. The number of ether oxygens (including phenoxy) is 1. The molecule has 26 heavy (non-hydrogen) atoms. The molecule has 138 valence electrons. The molecule has 0 bridgehead atoms. The van der Waals surface area contributed by atoms with Crippen molar-refractivity contribution in [2.24, 2.45) is 5.92 Å². The molecule has 0 aliphatic carbocycles. The van der Waals surface area contributed by atoms with Gasteiger partial charge in [0, 0.05) is 21.4 Å². The lowest BCUT2D eigenvalue weighted by molar-refractivity contribution is -0.161. The van der Waals surface area contributed by atoms with Crippen LogP contribution in [0.5, 0.6) is 0 Å². The van der Waals surface area contributed by atoms with Crippen LogP contribution in [0, 0.1) is 5.92 Å². The number of hydrogen-bond acceptors (Lipinski definition) is 6. The highest BCUT2D eigenvalue weighted by Gasteiger charge is 2.56. The van der Waals surface area contributed by atoms with Crippen molar-refractivity contribution in [3.8, 4) is 0 Å². The Morgan fingerprint density at radius 2 is 2.04 bits per heavy atom. The zero-order valence-corrected chi connectivity index (χ0v) is 16.7. The summed E-state index contributed by atoms with van der Waals surface area (Å²) in [6.45, 7) is 1.57. The third-order valence-corrected chi connectivity index (χ3v) is 6.25. The Labute approximate surface area is 163 Å². The number of esters is 1. The van der Waals surface area contributed by atoms with Gasteiger partial charge in [0.05, 0.1) is 30.9 Å². The first-order chi connectivity index (χ1) is 12.3. The number of hydrogen-bond donors (Lipinski definition) is 1. The van der Waals surface area contributed by atoms with Crippen LogP contribution in [-0.4, -0.2) is 52.7 Å². The number of thioether (sulfide) groups is 1. The second kappa shape index (κ2) is 7.54. The first-order valence-electron chi connectivity index (χ1n) is 8.09. The standard InChI is InChI=1S/C18H18BrNO5S/c1-9(21)15-12-7-14(16(18(24)25-2)20(12)17(15)23)26-8-13(22)10-3-5-11(19)6-4-10/h3-6,9,12,15,21H,7-8H2,1-2H3/t9-,12+,15+/m0/s1. The molecule has 0 unspecified atom stereocenters. The van der Waals surface area contributed by atoms with Crippen molar-refractivity contribution < 1.29 is 24.2 Å². The molecule has 1 saturated heterocycles. The number of amides is 1. The fraction of sp³-hybridized carbons (Fsp3) is 0.389. The fourth-order valence-corrected chi connectivity index (χ4v) is 4.66. The zero-order chi connectivity index (χ0) is 19.0. The van der Waals surface area contributed by atoms with E-state index in [4.69, 9.17) is 4.74 Å². The van der Waals surface area contributed by atoms with E-state index in [1.807, 2.05) is 0 Å². The molecule has 2 aliphatic rings. The lowest BCUT2D eigenvalue weighted by Gasteiger charge is -2.44. The van der Waals surface area contributed by atoms with Crippen LogP contribution in [0.3, 0.4) is 0 Å². The largest absolute Gasteiger partial charge is 0.464 e. The molecule has 0 aromatic heterocycles. The van der Waals surface area contributed by atoms with Crippen LogP contribution in [0.4, 0.5) is 0 Å². The molecule has 0 saturated carbocycles. The summed E-state index contributed by atoms with van der Waals surface area (Å²) >= 11 is 4.58. The molecule has 0 spiro atoms. The van der Waals surface area contributed by atoms with Crippen LogP contribution in [0.1, 0.15) is 23.7 Å². The van der Waals surface area contributed by atoms with Crippen molar-refractivity contribution in [1.82, 2.24) is 4.90 Å². The Hall–Kier alpha value is -1.64. The minimum absolute atomic E-state index is 0.0631. The van der Waals surface area contributed by atoms with Gasteiger partial charge in [-0.25, -0.2) is 4.79 Å². The number of ketones is 1. The maximum absolute atomic E-state index is 12.4. The van der Waals surface area contributed by atoms with Crippen LogP contribution >= 0.6 is 27.7 Å². The first kappa shape index (κ1) is 19.1. The zero-order valence-electron chi connectivity index (χ0n) is 14.3. The summed E-state index contributed by atoms with van der Waals surface area (Å²) in [7, 11) is 1.26. The van der Waals surface area contributed by atoms with E-state index in [0.29, 0.717) is 16.9 Å². The first-order valence-corrected chi connectivity index (χ1v) is 9.87. The van der Waals surface area contributed by atoms with Crippen molar-refractivity contribution in [3.63, 3.8) is 0 Å². The summed E-state index contributed by atoms with van der Waals surface area (Å²) < 4.78 is 5.70. The van der Waals surface area contributed by atoms with Crippen LogP contribution in [0.25, 0.3) is 0 Å². The summed E-state index contributed by atoms with van der Waals surface area (Å²) in [6.07, 6.45) is -0.333. The predicted octanol–water partition coefficient (Wildman–Crippen LogP) is 2.36. The highest BCUT2D eigenvalue weighted by molar-refractivity contribution is 9.10. The van der Waals surface area contributed by atoms with E-state index >= 15 is 0 Å². The molecule has 2 aliphatic heterocycles. The third-order valence-electron chi connectivity index (χ3n) is 4.61. The van der Waals surface area contributed by atoms with E-state index < -0.39 is 18.0 Å². The molecule has 1 amide bonds. The molecule has 1 aromatic carbocycles. The van der Waals surface area contributed by atoms with Gasteiger partial charge in [0.1, 0.15) is 5.70 Å². The van der Waals surface area contributed by atoms with E-state index in [2.05, 4.69) is 15.9 Å². The normalized spacial score (nSPS) is 22.8. The number of benzene rings is 1. The Bertz CT molecular complexity index is 789. The monoisotopic (exact) mass is 439 g/mol. The predicted molar refractivity (Wildman–Crippen MR) is 100 cm³/mol.